The minimum absolute atomic E-state index is 0.110. The van der Waals surface area contributed by atoms with Crippen LogP contribution in [0, 0.1) is 0 Å². The molecule has 1 aliphatic rings. The lowest BCUT2D eigenvalue weighted by Gasteiger charge is -2.29. The van der Waals surface area contributed by atoms with E-state index in [1.165, 1.54) is 6.20 Å². The Morgan fingerprint density at radius 2 is 2.21 bits per heavy atom. The molecule has 146 valence electrons. The molecule has 1 fully saturated rings. The van der Waals surface area contributed by atoms with E-state index in [0.29, 0.717) is 30.5 Å². The number of rotatable bonds is 5. The molecule has 0 aliphatic heterocycles. The van der Waals surface area contributed by atoms with E-state index >= 15 is 0 Å². The molecule has 28 heavy (non-hydrogen) atoms. The zero-order valence-corrected chi connectivity index (χ0v) is 15.2. The SMILES string of the molecule is O=C(NC1CCCC(F)(F)C1)c1cnn2ccc(NCc3ccccn3)cc12. The number of fused-ring (bicyclic) bond motifs is 1. The third kappa shape index (κ3) is 4.11. The van der Waals surface area contributed by atoms with Crippen molar-refractivity contribution < 1.29 is 13.6 Å². The summed E-state index contributed by atoms with van der Waals surface area (Å²) in [5.41, 5.74) is 2.70. The van der Waals surface area contributed by atoms with Gasteiger partial charge in [-0.15, -0.1) is 0 Å². The summed E-state index contributed by atoms with van der Waals surface area (Å²) in [7, 11) is 0. The van der Waals surface area contributed by atoms with Gasteiger partial charge in [0.05, 0.1) is 29.5 Å². The van der Waals surface area contributed by atoms with Crippen molar-refractivity contribution in [2.75, 3.05) is 5.32 Å². The van der Waals surface area contributed by atoms with Gasteiger partial charge in [-0.25, -0.2) is 13.3 Å². The first kappa shape index (κ1) is 18.3. The number of nitrogens with zero attached hydrogens (tertiary/aromatic N) is 3. The molecule has 0 spiro atoms. The van der Waals surface area contributed by atoms with Crippen molar-refractivity contribution in [1.82, 2.24) is 19.9 Å². The largest absolute Gasteiger partial charge is 0.379 e. The summed E-state index contributed by atoms with van der Waals surface area (Å²) in [6, 6.07) is 8.85. The maximum atomic E-state index is 13.6. The highest BCUT2D eigenvalue weighted by Crippen LogP contribution is 2.33. The quantitative estimate of drug-likeness (QED) is 0.703. The molecule has 1 aliphatic carbocycles. The first-order chi connectivity index (χ1) is 13.5. The molecule has 3 aromatic rings. The third-order valence-electron chi connectivity index (χ3n) is 4.94. The van der Waals surface area contributed by atoms with E-state index in [4.69, 9.17) is 0 Å². The lowest BCUT2D eigenvalue weighted by molar-refractivity contribution is -0.0429. The van der Waals surface area contributed by atoms with Crippen LogP contribution in [0.4, 0.5) is 14.5 Å². The number of hydrogen-bond acceptors (Lipinski definition) is 4. The predicted molar refractivity (Wildman–Crippen MR) is 101 cm³/mol. The molecular formula is C20H21F2N5O. The first-order valence-corrected chi connectivity index (χ1v) is 9.30. The second kappa shape index (κ2) is 7.53. The van der Waals surface area contributed by atoms with Crippen molar-refractivity contribution in [3.63, 3.8) is 0 Å². The maximum absolute atomic E-state index is 13.6. The van der Waals surface area contributed by atoms with Crippen LogP contribution < -0.4 is 10.6 Å². The van der Waals surface area contributed by atoms with Crippen molar-refractivity contribution in [3.8, 4) is 0 Å². The fraction of sp³-hybridized carbons (Fsp3) is 0.350. The van der Waals surface area contributed by atoms with Gasteiger partial charge in [-0.2, -0.15) is 5.10 Å². The highest BCUT2D eigenvalue weighted by molar-refractivity contribution is 6.01. The Bertz CT molecular complexity index is 973. The molecular weight excluding hydrogens is 364 g/mol. The van der Waals surface area contributed by atoms with E-state index in [1.54, 1.807) is 16.9 Å². The summed E-state index contributed by atoms with van der Waals surface area (Å²) >= 11 is 0. The minimum atomic E-state index is -2.71. The van der Waals surface area contributed by atoms with Gasteiger partial charge in [-0.1, -0.05) is 6.07 Å². The number of carbonyl (C=O) groups excluding carboxylic acids is 1. The number of hydrogen-bond donors (Lipinski definition) is 2. The van der Waals surface area contributed by atoms with Crippen LogP contribution in [0.25, 0.3) is 5.52 Å². The minimum Gasteiger partial charge on any atom is -0.379 e. The van der Waals surface area contributed by atoms with Crippen molar-refractivity contribution >= 4 is 17.1 Å². The van der Waals surface area contributed by atoms with Crippen molar-refractivity contribution in [3.05, 3.63) is 60.2 Å². The summed E-state index contributed by atoms with van der Waals surface area (Å²) in [6.45, 7) is 0.545. The van der Waals surface area contributed by atoms with Gasteiger partial charge in [0.15, 0.2) is 0 Å². The molecule has 1 unspecified atom stereocenters. The van der Waals surface area contributed by atoms with E-state index < -0.39 is 12.0 Å². The van der Waals surface area contributed by atoms with Crippen LogP contribution in [0.15, 0.2) is 48.9 Å². The number of pyridine rings is 2. The van der Waals surface area contributed by atoms with E-state index in [2.05, 4.69) is 20.7 Å². The number of carbonyl (C=O) groups is 1. The molecule has 6 nitrogen and oxygen atoms in total. The lowest BCUT2D eigenvalue weighted by Crippen LogP contribution is -2.42. The van der Waals surface area contributed by atoms with Crippen molar-refractivity contribution in [2.45, 2.75) is 44.2 Å². The monoisotopic (exact) mass is 385 g/mol. The molecule has 3 heterocycles. The summed E-state index contributed by atoms with van der Waals surface area (Å²) in [5.74, 6) is -3.08. The number of anilines is 1. The average molecular weight is 385 g/mol. The van der Waals surface area contributed by atoms with Crippen molar-refractivity contribution in [1.29, 1.82) is 0 Å². The number of nitrogens with one attached hydrogen (secondary N) is 2. The summed E-state index contributed by atoms with van der Waals surface area (Å²) < 4.78 is 28.8. The van der Waals surface area contributed by atoms with E-state index in [1.807, 2.05) is 30.3 Å². The molecule has 1 atom stereocenters. The zero-order valence-electron chi connectivity index (χ0n) is 15.2. The Kier molecular flexibility index (Phi) is 4.93. The molecule has 0 bridgehead atoms. The standard InChI is InChI=1S/C20H21F2N5O/c21-20(22)7-3-5-15(11-20)26-19(28)17-13-25-27-9-6-14(10-18(17)27)24-12-16-4-1-2-8-23-16/h1-2,4,6,8-10,13,15,24H,3,5,7,11-12H2,(H,26,28). The van der Waals surface area contributed by atoms with Crippen LogP contribution in [0.5, 0.6) is 0 Å². The Morgan fingerprint density at radius 3 is 3.00 bits per heavy atom. The van der Waals surface area contributed by atoms with Crippen LogP contribution in [-0.4, -0.2) is 32.5 Å². The van der Waals surface area contributed by atoms with E-state index in [-0.39, 0.29) is 18.7 Å². The molecule has 2 N–H and O–H groups in total. The average Bonchev–Trinajstić information content (AvgIpc) is 3.10. The summed E-state index contributed by atoms with van der Waals surface area (Å²) in [5, 5.41) is 10.2. The third-order valence-corrected chi connectivity index (χ3v) is 4.94. The number of amides is 1. The fourth-order valence-electron chi connectivity index (χ4n) is 3.52. The second-order valence-corrected chi connectivity index (χ2v) is 7.10. The number of aromatic nitrogens is 3. The molecule has 8 heteroatoms. The highest BCUT2D eigenvalue weighted by Gasteiger charge is 2.37. The molecule has 0 aromatic carbocycles. The van der Waals surface area contributed by atoms with Gasteiger partial charge in [-0.05, 0) is 37.1 Å². The molecule has 0 radical (unpaired) electrons. The second-order valence-electron chi connectivity index (χ2n) is 7.10. The van der Waals surface area contributed by atoms with Gasteiger partial charge in [0.25, 0.3) is 5.91 Å². The smallest absolute Gasteiger partial charge is 0.255 e. The fourth-order valence-corrected chi connectivity index (χ4v) is 3.52. The Labute approximate surface area is 161 Å². The number of halogens is 2. The Balaban J connectivity index is 1.48. The Morgan fingerprint density at radius 1 is 1.32 bits per heavy atom. The van der Waals surface area contributed by atoms with Crippen LogP contribution in [-0.2, 0) is 6.54 Å². The maximum Gasteiger partial charge on any atom is 0.255 e. The van der Waals surface area contributed by atoms with Gasteiger partial charge >= 0.3 is 0 Å². The van der Waals surface area contributed by atoms with Gasteiger partial charge in [0.2, 0.25) is 5.92 Å². The van der Waals surface area contributed by atoms with Crippen LogP contribution in [0.2, 0.25) is 0 Å². The summed E-state index contributed by atoms with van der Waals surface area (Å²) in [6.07, 6.45) is 5.51. The van der Waals surface area contributed by atoms with Gasteiger partial charge in [0, 0.05) is 37.0 Å². The zero-order chi connectivity index (χ0) is 19.6. The molecule has 3 aromatic heterocycles. The van der Waals surface area contributed by atoms with Gasteiger partial charge in [-0.3, -0.25) is 9.78 Å². The topological polar surface area (TPSA) is 71.3 Å². The van der Waals surface area contributed by atoms with E-state index in [9.17, 15) is 13.6 Å². The molecule has 0 saturated heterocycles. The lowest BCUT2D eigenvalue weighted by atomic mass is 9.92. The summed E-state index contributed by atoms with van der Waals surface area (Å²) in [4.78, 5) is 16.9. The molecule has 1 amide bonds. The highest BCUT2D eigenvalue weighted by atomic mass is 19.3. The predicted octanol–water partition coefficient (Wildman–Crippen LogP) is 3.65. The molecule has 4 rings (SSSR count). The normalized spacial score (nSPS) is 18.7. The van der Waals surface area contributed by atoms with Crippen molar-refractivity contribution in [2.24, 2.45) is 0 Å². The Hall–Kier alpha value is -3.03. The van der Waals surface area contributed by atoms with Crippen LogP contribution >= 0.6 is 0 Å². The van der Waals surface area contributed by atoms with Gasteiger partial charge < -0.3 is 10.6 Å². The molecule has 1 saturated carbocycles. The van der Waals surface area contributed by atoms with Crippen LogP contribution in [0.3, 0.4) is 0 Å². The van der Waals surface area contributed by atoms with E-state index in [0.717, 1.165) is 11.4 Å². The van der Waals surface area contributed by atoms with Crippen LogP contribution in [0.1, 0.15) is 41.7 Å². The first-order valence-electron chi connectivity index (χ1n) is 9.30. The van der Waals surface area contributed by atoms with Gasteiger partial charge in [0.1, 0.15) is 0 Å². The number of alkyl halides is 2.